The maximum atomic E-state index is 10.5. The number of furan rings is 1. The van der Waals surface area contributed by atoms with Crippen LogP contribution in [0.1, 0.15) is 111 Å². The van der Waals surface area contributed by atoms with Crippen molar-refractivity contribution in [2.24, 2.45) is 0 Å². The molecular formula is C57H56IrN4O-2. The van der Waals surface area contributed by atoms with Crippen molar-refractivity contribution in [3.63, 3.8) is 0 Å². The molecule has 4 aromatic heterocycles. The monoisotopic (exact) mass is 1010 g/mol. The number of aromatic nitrogens is 3. The first-order valence-corrected chi connectivity index (χ1v) is 21.5. The van der Waals surface area contributed by atoms with Crippen LogP contribution < -0.4 is 0 Å². The second-order valence-corrected chi connectivity index (χ2v) is 20.6. The third-order valence-corrected chi connectivity index (χ3v) is 11.9. The van der Waals surface area contributed by atoms with Gasteiger partial charge < -0.3 is 19.0 Å². The second kappa shape index (κ2) is 16.7. The van der Waals surface area contributed by atoms with Crippen LogP contribution in [0.2, 0.25) is 0 Å². The standard InChI is InChI=1S/C38H32N3O.C19H24N.Ir/c1-37(2,3)24-14-17-26-27-18-15-25(38(4,5)6)21-33(27)41(32(26)20-24)34-23(22-39)13-16-29-28-10-9-11-30(35(28)42-36(29)34)31-12-7-8-19-40-31;1-18(2,3)15-9-7-8-14(12-15)17-11-10-16(13-20-17)19(4,5)6;/h7-10,12-21H,1-6H3;7,9-13H,1-6H3;/q2*-1;. The first kappa shape index (κ1) is 45.2. The van der Waals surface area contributed by atoms with Gasteiger partial charge in [0, 0.05) is 48.7 Å². The van der Waals surface area contributed by atoms with Crippen LogP contribution in [-0.4, -0.2) is 14.5 Å². The summed E-state index contributed by atoms with van der Waals surface area (Å²) in [4.78, 5) is 9.18. The van der Waals surface area contributed by atoms with Crippen LogP contribution in [0.15, 0.2) is 126 Å². The molecule has 0 saturated carbocycles. The zero-order chi connectivity index (χ0) is 44.4. The molecule has 9 rings (SSSR count). The third kappa shape index (κ3) is 8.75. The van der Waals surface area contributed by atoms with Crippen LogP contribution in [0.25, 0.3) is 71.9 Å². The van der Waals surface area contributed by atoms with E-state index in [0.717, 1.165) is 60.8 Å². The summed E-state index contributed by atoms with van der Waals surface area (Å²) < 4.78 is 9.04. The van der Waals surface area contributed by atoms with Gasteiger partial charge in [0.2, 0.25) is 0 Å². The van der Waals surface area contributed by atoms with Crippen molar-refractivity contribution in [3.8, 4) is 34.3 Å². The van der Waals surface area contributed by atoms with Crippen molar-refractivity contribution >= 4 is 43.7 Å². The summed E-state index contributed by atoms with van der Waals surface area (Å²) in [7, 11) is 0. The summed E-state index contributed by atoms with van der Waals surface area (Å²) >= 11 is 0. The van der Waals surface area contributed by atoms with Gasteiger partial charge in [-0.2, -0.15) is 5.26 Å². The van der Waals surface area contributed by atoms with E-state index in [-0.39, 0.29) is 41.8 Å². The van der Waals surface area contributed by atoms with Crippen molar-refractivity contribution in [2.45, 2.75) is 105 Å². The Kier molecular flexibility index (Phi) is 12.0. The smallest absolute Gasteiger partial charge is 0.146 e. The van der Waals surface area contributed by atoms with E-state index in [4.69, 9.17) is 4.42 Å². The third-order valence-electron chi connectivity index (χ3n) is 11.9. The molecule has 9 aromatic rings. The fourth-order valence-corrected chi connectivity index (χ4v) is 8.07. The van der Waals surface area contributed by atoms with Crippen molar-refractivity contribution in [1.29, 1.82) is 5.26 Å². The average Bonchev–Trinajstić information content (AvgIpc) is 3.78. The summed E-state index contributed by atoms with van der Waals surface area (Å²) in [5.74, 6) is 0. The Hall–Kier alpha value is -5.86. The molecule has 1 radical (unpaired) electrons. The first-order valence-electron chi connectivity index (χ1n) is 21.5. The Morgan fingerprint density at radius 3 is 1.63 bits per heavy atom. The molecule has 0 fully saturated rings. The normalized spacial score (nSPS) is 12.3. The molecule has 4 heterocycles. The molecule has 5 aromatic carbocycles. The van der Waals surface area contributed by atoms with Crippen LogP contribution in [-0.2, 0) is 41.8 Å². The van der Waals surface area contributed by atoms with Gasteiger partial charge in [0.25, 0.3) is 0 Å². The van der Waals surface area contributed by atoms with Crippen molar-refractivity contribution in [1.82, 2.24) is 14.5 Å². The van der Waals surface area contributed by atoms with Crippen molar-refractivity contribution < 1.29 is 24.5 Å². The number of pyridine rings is 2. The zero-order valence-electron chi connectivity index (χ0n) is 38.6. The van der Waals surface area contributed by atoms with Crippen LogP contribution >= 0.6 is 0 Å². The molecule has 6 heteroatoms. The molecule has 0 unspecified atom stereocenters. The van der Waals surface area contributed by atoms with Crippen LogP contribution in [0.3, 0.4) is 0 Å². The molecule has 0 aliphatic heterocycles. The van der Waals surface area contributed by atoms with E-state index in [9.17, 15) is 5.26 Å². The summed E-state index contributed by atoms with van der Waals surface area (Å²) in [5, 5.41) is 14.7. The van der Waals surface area contributed by atoms with E-state index in [1.165, 1.54) is 22.3 Å². The van der Waals surface area contributed by atoms with E-state index in [2.05, 4.69) is 176 Å². The Balaban J connectivity index is 0.000000239. The van der Waals surface area contributed by atoms with Gasteiger partial charge in [-0.15, -0.1) is 53.6 Å². The second-order valence-electron chi connectivity index (χ2n) is 20.6. The number of fused-ring (bicyclic) bond motifs is 6. The molecule has 0 bridgehead atoms. The molecule has 5 nitrogen and oxygen atoms in total. The molecule has 321 valence electrons. The number of rotatable bonds is 3. The van der Waals surface area contributed by atoms with Crippen LogP contribution in [0, 0.1) is 23.5 Å². The minimum absolute atomic E-state index is 0. The van der Waals surface area contributed by atoms with Crippen LogP contribution in [0.5, 0.6) is 0 Å². The minimum atomic E-state index is -0.0388. The zero-order valence-corrected chi connectivity index (χ0v) is 41.0. The maximum Gasteiger partial charge on any atom is 0.146 e. The van der Waals surface area contributed by atoms with Crippen molar-refractivity contribution in [2.75, 3.05) is 0 Å². The van der Waals surface area contributed by atoms with E-state index in [0.29, 0.717) is 16.7 Å². The fraction of sp³-hybridized carbons (Fsp3) is 0.281. The molecule has 0 saturated heterocycles. The minimum Gasteiger partial charge on any atom is -0.498 e. The number of hydrogen-bond acceptors (Lipinski definition) is 4. The van der Waals surface area contributed by atoms with Gasteiger partial charge in [-0.05, 0) is 74.0 Å². The summed E-state index contributed by atoms with van der Waals surface area (Å²) in [6, 6.07) is 46.9. The topological polar surface area (TPSA) is 67.6 Å². The van der Waals surface area contributed by atoms with Gasteiger partial charge in [-0.25, -0.2) is 0 Å². The number of nitrogens with zero attached hydrogens (tertiary/aromatic N) is 4. The molecular weight excluding hydrogens is 949 g/mol. The van der Waals surface area contributed by atoms with Gasteiger partial charge >= 0.3 is 0 Å². The SMILES string of the molecule is CC(C)(C)c1ccc(-c2[c-]ccc(C(C)(C)C)c2)nc1.CC(C)(C)c1ccc2c3ccc(C(C)(C)C)cc3n(-c3c(C#N)ccc4c3oc3c(-c5ccccn5)[c-]ccc34)c2c1.[Ir]. The molecule has 0 amide bonds. The maximum absolute atomic E-state index is 10.5. The van der Waals surface area contributed by atoms with E-state index >= 15 is 0 Å². The van der Waals surface area contributed by atoms with Gasteiger partial charge in [0.1, 0.15) is 17.3 Å². The van der Waals surface area contributed by atoms with Gasteiger partial charge in [0.15, 0.2) is 0 Å². The number of nitriles is 1. The van der Waals surface area contributed by atoms with Gasteiger partial charge in [0.05, 0.1) is 22.2 Å². The quantitative estimate of drug-likeness (QED) is 0.165. The Morgan fingerprint density at radius 1 is 0.540 bits per heavy atom. The van der Waals surface area contributed by atoms with Gasteiger partial charge in [-0.1, -0.05) is 149 Å². The summed E-state index contributed by atoms with van der Waals surface area (Å²) in [6.07, 6.45) is 3.76. The largest absolute Gasteiger partial charge is 0.498 e. The molecule has 63 heavy (non-hydrogen) atoms. The summed E-state index contributed by atoms with van der Waals surface area (Å²) in [6.45, 7) is 26.7. The molecule has 0 aliphatic carbocycles. The number of benzene rings is 5. The van der Waals surface area contributed by atoms with E-state index in [1.807, 2.05) is 54.7 Å². The van der Waals surface area contributed by atoms with Crippen molar-refractivity contribution in [3.05, 3.63) is 162 Å². The Labute approximate surface area is 386 Å². The molecule has 0 atom stereocenters. The van der Waals surface area contributed by atoms with E-state index < -0.39 is 0 Å². The van der Waals surface area contributed by atoms with Gasteiger partial charge in [-0.3, -0.25) is 0 Å². The molecule has 0 N–H and O–H groups in total. The van der Waals surface area contributed by atoms with Crippen LogP contribution in [0.4, 0.5) is 0 Å². The Bertz CT molecular complexity index is 3080. The molecule has 0 spiro atoms. The fourth-order valence-electron chi connectivity index (χ4n) is 8.07. The number of hydrogen-bond donors (Lipinski definition) is 0. The Morgan fingerprint density at radius 2 is 1.10 bits per heavy atom. The predicted molar refractivity (Wildman–Crippen MR) is 258 cm³/mol. The average molecular weight is 1010 g/mol. The molecule has 0 aliphatic rings. The summed E-state index contributed by atoms with van der Waals surface area (Å²) in [5.41, 5.74) is 13.7. The predicted octanol–water partition coefficient (Wildman–Crippen LogP) is 15.2. The first-order chi connectivity index (χ1) is 29.2. The van der Waals surface area contributed by atoms with E-state index in [1.54, 1.807) is 6.20 Å².